The molecular weight excluding hydrogens is 228 g/mol. The Hall–Kier alpha value is -0.300. The zero-order chi connectivity index (χ0) is 11.3. The van der Waals surface area contributed by atoms with Crippen molar-refractivity contribution in [3.05, 3.63) is 6.92 Å². The maximum Gasteiger partial charge on any atom is 0.162 e. The van der Waals surface area contributed by atoms with Gasteiger partial charge in [0.05, 0.1) is 6.10 Å². The average molecular weight is 243 g/mol. The van der Waals surface area contributed by atoms with Crippen molar-refractivity contribution in [2.75, 3.05) is 13.1 Å². The second-order valence-corrected chi connectivity index (χ2v) is 5.45. The second kappa shape index (κ2) is 3.87. The van der Waals surface area contributed by atoms with Crippen LogP contribution in [0.2, 0.25) is 0 Å². The molecule has 0 unspecified atom stereocenters. The number of amidine groups is 1. The van der Waals surface area contributed by atoms with E-state index in [1.54, 1.807) is 0 Å². The molecule has 89 valence electrons. The number of aliphatic hydroxyl groups is 2. The van der Waals surface area contributed by atoms with E-state index in [4.69, 9.17) is 4.74 Å². The molecule has 2 saturated heterocycles. The molecule has 3 aliphatic rings. The summed E-state index contributed by atoms with van der Waals surface area (Å²) in [6.07, 6.45) is -1.19. The summed E-state index contributed by atoms with van der Waals surface area (Å²) in [5.74, 6) is 0. The molecule has 0 spiro atoms. The molecule has 2 fully saturated rings. The summed E-state index contributed by atoms with van der Waals surface area (Å²) in [6.45, 7) is 5.73. The Bertz CT molecular complexity index is 321. The number of likely N-dealkylation sites (tertiary alicyclic amines) is 1. The van der Waals surface area contributed by atoms with Crippen molar-refractivity contribution < 1.29 is 14.9 Å². The van der Waals surface area contributed by atoms with E-state index < -0.39 is 18.3 Å². The van der Waals surface area contributed by atoms with Crippen LogP contribution in [0.25, 0.3) is 0 Å². The Kier molecular flexibility index (Phi) is 2.62. The van der Waals surface area contributed by atoms with Crippen LogP contribution in [0.1, 0.15) is 6.42 Å². The van der Waals surface area contributed by atoms with E-state index in [9.17, 15) is 10.2 Å². The molecule has 0 aromatic rings. The second-order valence-electron chi connectivity index (χ2n) is 4.38. The lowest BCUT2D eigenvalue weighted by Gasteiger charge is -2.36. The van der Waals surface area contributed by atoms with Gasteiger partial charge in [-0.05, 0) is 13.3 Å². The highest BCUT2D eigenvalue weighted by atomic mass is 32.2. The molecule has 0 amide bonds. The van der Waals surface area contributed by atoms with Crippen molar-refractivity contribution in [1.82, 2.24) is 4.90 Å². The number of thioether (sulfide) groups is 1. The first-order valence-corrected chi connectivity index (χ1v) is 6.39. The van der Waals surface area contributed by atoms with Crippen molar-refractivity contribution in [1.29, 1.82) is 0 Å². The lowest BCUT2D eigenvalue weighted by atomic mass is 9.99. The van der Waals surface area contributed by atoms with Crippen molar-refractivity contribution in [3.8, 4) is 0 Å². The van der Waals surface area contributed by atoms with Crippen molar-refractivity contribution >= 4 is 16.9 Å². The first-order chi connectivity index (χ1) is 7.66. The Morgan fingerprint density at radius 2 is 2.12 bits per heavy atom. The van der Waals surface area contributed by atoms with Gasteiger partial charge in [0, 0.05) is 13.1 Å². The van der Waals surface area contributed by atoms with E-state index in [0.717, 1.165) is 18.3 Å². The maximum atomic E-state index is 9.90. The normalized spacial score (nSPS) is 47.3. The molecule has 2 N–H and O–H groups in total. The molecule has 1 radical (unpaired) electrons. The van der Waals surface area contributed by atoms with Gasteiger partial charge in [-0.1, -0.05) is 11.8 Å². The summed E-state index contributed by atoms with van der Waals surface area (Å²) in [5.41, 5.74) is -0.198. The fraction of sp³-hybridized carbons (Fsp3) is 0.800. The highest BCUT2D eigenvalue weighted by Gasteiger charge is 2.47. The first-order valence-electron chi connectivity index (χ1n) is 5.51. The van der Waals surface area contributed by atoms with E-state index >= 15 is 0 Å². The Morgan fingerprint density at radius 3 is 2.75 bits per heavy atom. The number of hydrogen-bond acceptors (Lipinski definition) is 6. The average Bonchev–Trinajstić information content (AvgIpc) is 2.55. The highest BCUT2D eigenvalue weighted by molar-refractivity contribution is 8.14. The Morgan fingerprint density at radius 1 is 1.38 bits per heavy atom. The van der Waals surface area contributed by atoms with Crippen molar-refractivity contribution in [2.24, 2.45) is 4.99 Å². The molecule has 0 aliphatic carbocycles. The van der Waals surface area contributed by atoms with E-state index in [1.807, 2.05) is 0 Å². The molecule has 0 saturated carbocycles. The lowest BCUT2D eigenvalue weighted by Crippen LogP contribution is -2.53. The van der Waals surface area contributed by atoms with Crippen LogP contribution in [0.4, 0.5) is 0 Å². The lowest BCUT2D eigenvalue weighted by molar-refractivity contribution is -0.136. The number of ether oxygens (including phenoxy) is 1. The largest absolute Gasteiger partial charge is 0.388 e. The molecule has 0 bridgehead atoms. The van der Waals surface area contributed by atoms with Gasteiger partial charge in [0.2, 0.25) is 0 Å². The van der Waals surface area contributed by atoms with Gasteiger partial charge in [-0.2, -0.15) is 0 Å². The molecule has 3 aliphatic heterocycles. The zero-order valence-electron chi connectivity index (χ0n) is 8.82. The Labute approximate surface area is 98.5 Å². The third-order valence-corrected chi connectivity index (χ3v) is 4.47. The fourth-order valence-electron chi connectivity index (χ4n) is 2.08. The van der Waals surface area contributed by atoms with Crippen LogP contribution in [-0.4, -0.2) is 63.2 Å². The van der Waals surface area contributed by atoms with Crippen LogP contribution < -0.4 is 0 Å². The first kappa shape index (κ1) is 10.8. The van der Waals surface area contributed by atoms with Gasteiger partial charge in [0.15, 0.2) is 5.17 Å². The summed E-state index contributed by atoms with van der Waals surface area (Å²) < 4.78 is 5.54. The standard InChI is InChI=1S/C10H15N2O3S/c1-5-7(13)8(14)6-9(15-5)16-10(11-6)12-3-2-4-12/h5-9,13-14H,1-4H2/t5-,6-,7-,8-,9-/m1/s1. The van der Waals surface area contributed by atoms with Crippen LogP contribution in [0, 0.1) is 6.92 Å². The van der Waals surface area contributed by atoms with Crippen LogP contribution in [0.5, 0.6) is 0 Å². The minimum atomic E-state index is -0.943. The van der Waals surface area contributed by atoms with E-state index in [1.165, 1.54) is 18.2 Å². The van der Waals surface area contributed by atoms with Gasteiger partial charge >= 0.3 is 0 Å². The van der Waals surface area contributed by atoms with Crippen LogP contribution in [0.15, 0.2) is 4.99 Å². The molecule has 5 atom stereocenters. The number of aliphatic imine (C=N–C) groups is 1. The van der Waals surface area contributed by atoms with Crippen LogP contribution >= 0.6 is 11.8 Å². The van der Waals surface area contributed by atoms with Gasteiger partial charge in [0.1, 0.15) is 23.7 Å². The summed E-state index contributed by atoms with van der Waals surface area (Å²) >= 11 is 1.53. The van der Waals surface area contributed by atoms with Crippen LogP contribution in [0.3, 0.4) is 0 Å². The number of rotatable bonds is 0. The number of aliphatic hydroxyl groups excluding tert-OH is 2. The van der Waals surface area contributed by atoms with Crippen molar-refractivity contribution in [2.45, 2.75) is 36.2 Å². The Balaban J connectivity index is 1.76. The summed E-state index contributed by atoms with van der Waals surface area (Å²) in [4.78, 5) is 6.61. The topological polar surface area (TPSA) is 65.3 Å². The molecule has 0 aromatic carbocycles. The monoisotopic (exact) mass is 243 g/mol. The molecule has 0 aromatic heterocycles. The third kappa shape index (κ3) is 1.55. The quantitative estimate of drug-likeness (QED) is 0.597. The summed E-state index contributed by atoms with van der Waals surface area (Å²) in [7, 11) is 0. The summed E-state index contributed by atoms with van der Waals surface area (Å²) in [6, 6.07) is -0.353. The van der Waals surface area contributed by atoms with Gasteiger partial charge in [-0.3, -0.25) is 4.99 Å². The van der Waals surface area contributed by atoms with E-state index in [2.05, 4.69) is 16.8 Å². The molecule has 3 rings (SSSR count). The van der Waals surface area contributed by atoms with Gasteiger partial charge in [-0.25, -0.2) is 0 Å². The molecule has 6 heteroatoms. The molecule has 3 heterocycles. The number of fused-ring (bicyclic) bond motifs is 1. The predicted molar refractivity (Wildman–Crippen MR) is 61.0 cm³/mol. The summed E-state index contributed by atoms with van der Waals surface area (Å²) in [5, 5.41) is 20.5. The third-order valence-electron chi connectivity index (χ3n) is 3.28. The number of nitrogens with zero attached hydrogens (tertiary/aromatic N) is 2. The van der Waals surface area contributed by atoms with Gasteiger partial charge in [0.25, 0.3) is 0 Å². The van der Waals surface area contributed by atoms with Crippen molar-refractivity contribution in [3.63, 3.8) is 0 Å². The fourth-order valence-corrected chi connectivity index (χ4v) is 3.36. The minimum Gasteiger partial charge on any atom is -0.388 e. The highest BCUT2D eigenvalue weighted by Crippen LogP contribution is 2.38. The molecule has 16 heavy (non-hydrogen) atoms. The van der Waals surface area contributed by atoms with Gasteiger partial charge in [-0.15, -0.1) is 0 Å². The van der Waals surface area contributed by atoms with E-state index in [0.29, 0.717) is 0 Å². The molecule has 5 nitrogen and oxygen atoms in total. The molecular formula is C10H15N2O3S. The number of hydrogen-bond donors (Lipinski definition) is 2. The smallest absolute Gasteiger partial charge is 0.162 e. The SMILES string of the molecule is [CH2][C@H]1O[C@@H]2SC(N3CCC3)=N[C@@H]2[C@@H](O)[C@@H]1O. The maximum absolute atomic E-state index is 9.90. The zero-order valence-corrected chi connectivity index (χ0v) is 9.64. The predicted octanol–water partition coefficient (Wildman–Crippen LogP) is -0.556. The van der Waals surface area contributed by atoms with Crippen LogP contribution in [-0.2, 0) is 4.74 Å². The van der Waals surface area contributed by atoms with Gasteiger partial charge < -0.3 is 19.8 Å². The minimum absolute atomic E-state index is 0.198. The van der Waals surface area contributed by atoms with E-state index in [-0.39, 0.29) is 11.5 Å².